The number of anilines is 1. The molecule has 7 nitrogen and oxygen atoms in total. The zero-order chi connectivity index (χ0) is 24.2. The molecule has 0 aliphatic heterocycles. The molecular formula is C28H19N5O2. The van der Waals surface area contributed by atoms with Gasteiger partial charge in [0.2, 0.25) is 5.95 Å². The van der Waals surface area contributed by atoms with E-state index in [2.05, 4.69) is 26.3 Å². The Morgan fingerprint density at radius 1 is 0.886 bits per heavy atom. The number of pyridine rings is 1. The van der Waals surface area contributed by atoms with Crippen molar-refractivity contribution in [1.29, 1.82) is 5.26 Å². The fourth-order valence-electron chi connectivity index (χ4n) is 3.83. The molecule has 0 unspecified atom stereocenters. The fraction of sp³-hybridized carbons (Fsp3) is 0.0357. The first kappa shape index (κ1) is 21.7. The number of ketones is 1. The largest absolute Gasteiger partial charge is 0.324 e. The highest BCUT2D eigenvalue weighted by atomic mass is 16.2. The van der Waals surface area contributed by atoms with Gasteiger partial charge in [0.25, 0.3) is 5.91 Å². The lowest BCUT2D eigenvalue weighted by Crippen LogP contribution is -2.14. The van der Waals surface area contributed by atoms with Crippen molar-refractivity contribution in [3.63, 3.8) is 0 Å². The predicted molar refractivity (Wildman–Crippen MR) is 133 cm³/mol. The van der Waals surface area contributed by atoms with Crippen LogP contribution in [0.3, 0.4) is 0 Å². The summed E-state index contributed by atoms with van der Waals surface area (Å²) in [6.45, 7) is 0. The highest BCUT2D eigenvalue weighted by molar-refractivity contribution is 6.08. The van der Waals surface area contributed by atoms with Gasteiger partial charge in [0.15, 0.2) is 5.78 Å². The van der Waals surface area contributed by atoms with Crippen molar-refractivity contribution in [3.05, 3.63) is 113 Å². The molecule has 35 heavy (non-hydrogen) atoms. The summed E-state index contributed by atoms with van der Waals surface area (Å²) in [4.78, 5) is 37.8. The third-order valence-corrected chi connectivity index (χ3v) is 5.52. The molecule has 168 valence electrons. The van der Waals surface area contributed by atoms with Gasteiger partial charge in [0.1, 0.15) is 11.2 Å². The molecule has 0 radical (unpaired) electrons. The molecule has 0 aliphatic carbocycles. The topological polar surface area (TPSA) is 112 Å². The van der Waals surface area contributed by atoms with E-state index in [4.69, 9.17) is 5.26 Å². The number of carbonyl (C=O) groups excluding carboxylic acids is 2. The SMILES string of the molecule is N#Cc1cccc(-c2cccc(C(=O)Nc3nc4c(C(=O)Cc5ccccc5)cccc4[nH]3)n2)c1. The Morgan fingerprint density at radius 3 is 2.51 bits per heavy atom. The number of hydrogen-bond acceptors (Lipinski definition) is 5. The molecule has 0 atom stereocenters. The van der Waals surface area contributed by atoms with Crippen LogP contribution in [-0.2, 0) is 6.42 Å². The van der Waals surface area contributed by atoms with Gasteiger partial charge in [-0.2, -0.15) is 5.26 Å². The van der Waals surface area contributed by atoms with E-state index >= 15 is 0 Å². The summed E-state index contributed by atoms with van der Waals surface area (Å²) < 4.78 is 0. The van der Waals surface area contributed by atoms with Gasteiger partial charge in [-0.1, -0.05) is 54.6 Å². The molecule has 7 heteroatoms. The number of fused-ring (bicyclic) bond motifs is 1. The predicted octanol–water partition coefficient (Wildman–Crippen LogP) is 5.17. The highest BCUT2D eigenvalue weighted by Crippen LogP contribution is 2.22. The molecule has 0 bridgehead atoms. The van der Waals surface area contributed by atoms with Gasteiger partial charge < -0.3 is 4.98 Å². The number of Topliss-reactive ketones (excluding diaryl/α,β-unsaturated/α-hetero) is 1. The summed E-state index contributed by atoms with van der Waals surface area (Å²) in [6, 6.07) is 29.1. The number of H-pyrrole nitrogens is 1. The van der Waals surface area contributed by atoms with Crippen LogP contribution in [0.4, 0.5) is 5.95 Å². The van der Waals surface area contributed by atoms with Crippen molar-refractivity contribution in [2.75, 3.05) is 5.32 Å². The standard InChI is InChI=1S/C28H19N5O2/c29-17-19-9-4-10-20(15-19)22-12-6-14-24(30-22)27(35)33-28-31-23-13-5-11-21(26(23)32-28)25(34)16-18-7-2-1-3-8-18/h1-15H,16H2,(H2,31,32,33,35). The third kappa shape index (κ3) is 4.68. The first-order valence-electron chi connectivity index (χ1n) is 11.0. The monoisotopic (exact) mass is 457 g/mol. The number of rotatable bonds is 6. The van der Waals surface area contributed by atoms with Crippen molar-refractivity contribution in [3.8, 4) is 17.3 Å². The summed E-state index contributed by atoms with van der Waals surface area (Å²) in [5, 5.41) is 11.9. The lowest BCUT2D eigenvalue weighted by Gasteiger charge is -2.05. The summed E-state index contributed by atoms with van der Waals surface area (Å²) in [7, 11) is 0. The highest BCUT2D eigenvalue weighted by Gasteiger charge is 2.16. The van der Waals surface area contributed by atoms with Gasteiger partial charge in [0.05, 0.1) is 22.8 Å². The van der Waals surface area contributed by atoms with Crippen molar-refractivity contribution in [2.45, 2.75) is 6.42 Å². The van der Waals surface area contributed by atoms with Crippen LogP contribution >= 0.6 is 0 Å². The lowest BCUT2D eigenvalue weighted by atomic mass is 10.0. The number of amides is 1. The molecule has 2 aromatic heterocycles. The maximum Gasteiger partial charge on any atom is 0.276 e. The Morgan fingerprint density at radius 2 is 1.69 bits per heavy atom. The first-order chi connectivity index (χ1) is 17.1. The normalized spacial score (nSPS) is 10.6. The quantitative estimate of drug-likeness (QED) is 0.342. The number of para-hydroxylation sites is 1. The number of nitrogens with zero attached hydrogens (tertiary/aromatic N) is 3. The maximum atomic E-state index is 12.9. The van der Waals surface area contributed by atoms with Crippen LogP contribution in [0.2, 0.25) is 0 Å². The zero-order valence-electron chi connectivity index (χ0n) is 18.5. The minimum absolute atomic E-state index is 0.0554. The van der Waals surface area contributed by atoms with E-state index in [9.17, 15) is 9.59 Å². The molecule has 0 saturated heterocycles. The number of aromatic amines is 1. The van der Waals surface area contributed by atoms with E-state index in [1.54, 1.807) is 54.6 Å². The van der Waals surface area contributed by atoms with E-state index in [1.165, 1.54) is 0 Å². The molecule has 2 N–H and O–H groups in total. The van der Waals surface area contributed by atoms with Gasteiger partial charge in [0, 0.05) is 17.5 Å². The van der Waals surface area contributed by atoms with Crippen molar-refractivity contribution in [1.82, 2.24) is 15.0 Å². The minimum atomic E-state index is -0.445. The van der Waals surface area contributed by atoms with Crippen LogP contribution in [-0.4, -0.2) is 26.6 Å². The van der Waals surface area contributed by atoms with Gasteiger partial charge in [-0.05, 0) is 42.0 Å². The zero-order valence-corrected chi connectivity index (χ0v) is 18.5. The molecule has 0 fully saturated rings. The van der Waals surface area contributed by atoms with Gasteiger partial charge in [-0.25, -0.2) is 9.97 Å². The minimum Gasteiger partial charge on any atom is -0.324 e. The molecule has 1 amide bonds. The fourth-order valence-corrected chi connectivity index (χ4v) is 3.83. The third-order valence-electron chi connectivity index (χ3n) is 5.52. The Labute approximate surface area is 201 Å². The van der Waals surface area contributed by atoms with Crippen LogP contribution in [0.15, 0.2) is 91.0 Å². The smallest absolute Gasteiger partial charge is 0.276 e. The number of nitrogens with one attached hydrogen (secondary N) is 2. The van der Waals surface area contributed by atoms with E-state index < -0.39 is 5.91 Å². The summed E-state index contributed by atoms with van der Waals surface area (Å²) in [6.07, 6.45) is 0.262. The second-order valence-electron chi connectivity index (χ2n) is 7.93. The molecule has 2 heterocycles. The lowest BCUT2D eigenvalue weighted by molar-refractivity contribution is 0.0992. The molecule has 5 aromatic rings. The number of aromatic nitrogens is 3. The van der Waals surface area contributed by atoms with E-state index in [1.807, 2.05) is 36.4 Å². The van der Waals surface area contributed by atoms with E-state index in [0.717, 1.165) is 11.1 Å². The average molecular weight is 457 g/mol. The summed E-state index contributed by atoms with van der Waals surface area (Å²) in [5.41, 5.74) is 4.58. The first-order valence-corrected chi connectivity index (χ1v) is 11.0. The number of carbonyl (C=O) groups is 2. The van der Waals surface area contributed by atoms with Crippen LogP contribution in [0.5, 0.6) is 0 Å². The molecule has 0 saturated carbocycles. The van der Waals surface area contributed by atoms with Gasteiger partial charge in [-0.3, -0.25) is 14.9 Å². The van der Waals surface area contributed by atoms with Gasteiger partial charge in [-0.15, -0.1) is 0 Å². The maximum absolute atomic E-state index is 12.9. The molecule has 3 aromatic carbocycles. The number of imidazole rings is 1. The Hall–Kier alpha value is -5.09. The van der Waals surface area contributed by atoms with Crippen molar-refractivity contribution < 1.29 is 9.59 Å². The summed E-state index contributed by atoms with van der Waals surface area (Å²) in [5.74, 6) is -0.275. The van der Waals surface area contributed by atoms with E-state index in [-0.39, 0.29) is 23.8 Å². The molecule has 0 spiro atoms. The molecular weight excluding hydrogens is 438 g/mol. The van der Waals surface area contributed by atoms with Crippen LogP contribution in [0.25, 0.3) is 22.3 Å². The number of nitriles is 1. The number of benzene rings is 3. The van der Waals surface area contributed by atoms with E-state index in [0.29, 0.717) is 27.9 Å². The van der Waals surface area contributed by atoms with Gasteiger partial charge >= 0.3 is 0 Å². The van der Waals surface area contributed by atoms with Crippen LogP contribution < -0.4 is 5.32 Å². The van der Waals surface area contributed by atoms with Crippen LogP contribution in [0.1, 0.15) is 32.0 Å². The Bertz CT molecular complexity index is 1600. The number of hydrogen-bond donors (Lipinski definition) is 2. The molecule has 0 aliphatic rings. The van der Waals surface area contributed by atoms with Crippen molar-refractivity contribution in [2.24, 2.45) is 0 Å². The molecule has 5 rings (SSSR count). The Kier molecular flexibility index (Phi) is 5.85. The van der Waals surface area contributed by atoms with Crippen molar-refractivity contribution >= 4 is 28.7 Å². The second kappa shape index (κ2) is 9.41. The van der Waals surface area contributed by atoms with Crippen LogP contribution in [0, 0.1) is 11.3 Å². The average Bonchev–Trinajstić information content (AvgIpc) is 3.31. The summed E-state index contributed by atoms with van der Waals surface area (Å²) >= 11 is 0. The Balaban J connectivity index is 1.38. The second-order valence-corrected chi connectivity index (χ2v) is 7.93.